The summed E-state index contributed by atoms with van der Waals surface area (Å²) < 4.78 is 0. The predicted octanol–water partition coefficient (Wildman–Crippen LogP) is 2.89. The molecule has 0 saturated heterocycles. The Bertz CT molecular complexity index is 554. The van der Waals surface area contributed by atoms with E-state index >= 15 is 0 Å². The van der Waals surface area contributed by atoms with Crippen LogP contribution in [0.4, 0.5) is 0 Å². The van der Waals surface area contributed by atoms with Crippen molar-refractivity contribution >= 4 is 5.97 Å². The van der Waals surface area contributed by atoms with Crippen molar-refractivity contribution in [2.45, 2.75) is 25.3 Å². The van der Waals surface area contributed by atoms with E-state index in [2.05, 4.69) is 0 Å². The fourth-order valence-electron chi connectivity index (χ4n) is 2.54. The minimum atomic E-state index is -0.776. The van der Waals surface area contributed by atoms with Gasteiger partial charge in [-0.1, -0.05) is 60.7 Å². The quantitative estimate of drug-likeness (QED) is 0.821. The van der Waals surface area contributed by atoms with Crippen LogP contribution >= 0.6 is 0 Å². The number of carbonyl (C=O) groups is 1. The molecule has 0 aliphatic carbocycles. The lowest BCUT2D eigenvalue weighted by Crippen LogP contribution is -2.30. The van der Waals surface area contributed by atoms with Gasteiger partial charge in [-0.25, -0.2) is 0 Å². The Kier molecular flexibility index (Phi) is 5.52. The Labute approximate surface area is 125 Å². The van der Waals surface area contributed by atoms with E-state index in [-0.39, 0.29) is 6.04 Å². The van der Waals surface area contributed by atoms with E-state index in [1.807, 2.05) is 60.7 Å². The van der Waals surface area contributed by atoms with Gasteiger partial charge >= 0.3 is 5.97 Å². The van der Waals surface area contributed by atoms with E-state index in [0.29, 0.717) is 19.3 Å². The van der Waals surface area contributed by atoms with Crippen LogP contribution in [0.1, 0.15) is 17.5 Å². The summed E-state index contributed by atoms with van der Waals surface area (Å²) in [7, 11) is 0. The molecule has 2 aromatic carbocycles. The average molecular weight is 283 g/mol. The third kappa shape index (κ3) is 5.04. The molecule has 0 amide bonds. The number of aliphatic carboxylic acids is 1. The molecule has 0 unspecified atom stereocenters. The molecule has 2 atom stereocenters. The Hall–Kier alpha value is -2.13. The normalized spacial score (nSPS) is 13.6. The van der Waals surface area contributed by atoms with Crippen LogP contribution < -0.4 is 5.73 Å². The molecule has 0 saturated carbocycles. The minimum absolute atomic E-state index is 0.141. The van der Waals surface area contributed by atoms with Crippen molar-refractivity contribution in [2.24, 2.45) is 11.7 Å². The van der Waals surface area contributed by atoms with Gasteiger partial charge in [-0.15, -0.1) is 0 Å². The highest BCUT2D eigenvalue weighted by Crippen LogP contribution is 2.16. The standard InChI is InChI=1S/C18H21NO2/c19-17(12-15-9-5-2-6-10-15)13-16(18(20)21)11-14-7-3-1-4-8-14/h1-10,16-17H,11-13,19H2,(H,20,21)/t16-,17+/m0/s1. The molecule has 3 heteroatoms. The molecule has 0 aromatic heterocycles. The summed E-state index contributed by atoms with van der Waals surface area (Å²) in [5.41, 5.74) is 8.32. The number of benzene rings is 2. The maximum atomic E-state index is 11.4. The van der Waals surface area contributed by atoms with Crippen LogP contribution in [0.25, 0.3) is 0 Å². The van der Waals surface area contributed by atoms with Gasteiger partial charge in [0.25, 0.3) is 0 Å². The van der Waals surface area contributed by atoms with Crippen LogP contribution in [-0.4, -0.2) is 17.1 Å². The molecule has 2 rings (SSSR count). The summed E-state index contributed by atoms with van der Waals surface area (Å²) in [6.45, 7) is 0. The fourth-order valence-corrected chi connectivity index (χ4v) is 2.54. The average Bonchev–Trinajstić information content (AvgIpc) is 2.48. The predicted molar refractivity (Wildman–Crippen MR) is 84.0 cm³/mol. The van der Waals surface area contributed by atoms with Gasteiger partial charge in [0.2, 0.25) is 0 Å². The molecular formula is C18H21NO2. The second kappa shape index (κ2) is 7.60. The largest absolute Gasteiger partial charge is 0.481 e. The molecule has 0 radical (unpaired) electrons. The van der Waals surface area contributed by atoms with Crippen LogP contribution in [0.15, 0.2) is 60.7 Å². The summed E-state index contributed by atoms with van der Waals surface area (Å²) in [4.78, 5) is 11.4. The summed E-state index contributed by atoms with van der Waals surface area (Å²) in [5.74, 6) is -1.21. The van der Waals surface area contributed by atoms with Crippen molar-refractivity contribution in [3.05, 3.63) is 71.8 Å². The first-order valence-electron chi connectivity index (χ1n) is 7.21. The number of rotatable bonds is 7. The Morgan fingerprint density at radius 2 is 1.38 bits per heavy atom. The van der Waals surface area contributed by atoms with Crippen LogP contribution in [0.5, 0.6) is 0 Å². The van der Waals surface area contributed by atoms with Crippen molar-refractivity contribution in [2.75, 3.05) is 0 Å². The third-order valence-electron chi connectivity index (χ3n) is 3.60. The molecule has 0 aliphatic heterocycles. The zero-order valence-corrected chi connectivity index (χ0v) is 12.0. The summed E-state index contributed by atoms with van der Waals surface area (Å²) in [6, 6.07) is 19.5. The zero-order valence-electron chi connectivity index (χ0n) is 12.0. The Morgan fingerprint density at radius 1 is 0.905 bits per heavy atom. The van der Waals surface area contributed by atoms with Crippen molar-refractivity contribution in [1.29, 1.82) is 0 Å². The number of carboxylic acid groups (broad SMARTS) is 1. The first kappa shape index (κ1) is 15.3. The fraction of sp³-hybridized carbons (Fsp3) is 0.278. The summed E-state index contributed by atoms with van der Waals surface area (Å²) >= 11 is 0. The lowest BCUT2D eigenvalue weighted by atomic mass is 9.90. The van der Waals surface area contributed by atoms with Gasteiger partial charge in [-0.3, -0.25) is 4.79 Å². The molecular weight excluding hydrogens is 262 g/mol. The van der Waals surface area contributed by atoms with Crippen molar-refractivity contribution in [3.8, 4) is 0 Å². The van der Waals surface area contributed by atoms with Gasteiger partial charge in [-0.05, 0) is 30.4 Å². The molecule has 0 bridgehead atoms. The van der Waals surface area contributed by atoms with E-state index in [9.17, 15) is 9.90 Å². The van der Waals surface area contributed by atoms with E-state index in [4.69, 9.17) is 5.73 Å². The van der Waals surface area contributed by atoms with Crippen LogP contribution in [-0.2, 0) is 17.6 Å². The number of hydrogen-bond acceptors (Lipinski definition) is 2. The highest BCUT2D eigenvalue weighted by atomic mass is 16.4. The molecule has 3 N–H and O–H groups in total. The lowest BCUT2D eigenvalue weighted by molar-refractivity contribution is -0.142. The monoisotopic (exact) mass is 283 g/mol. The zero-order chi connectivity index (χ0) is 15.1. The van der Waals surface area contributed by atoms with E-state index in [1.165, 1.54) is 0 Å². The van der Waals surface area contributed by atoms with Gasteiger partial charge in [0.05, 0.1) is 5.92 Å². The summed E-state index contributed by atoms with van der Waals surface area (Å²) in [5, 5.41) is 9.39. The topological polar surface area (TPSA) is 63.3 Å². The molecule has 2 aromatic rings. The van der Waals surface area contributed by atoms with Gasteiger partial charge in [-0.2, -0.15) is 0 Å². The number of hydrogen-bond donors (Lipinski definition) is 2. The SMILES string of the molecule is N[C@H](Cc1ccccc1)C[C@H](Cc1ccccc1)C(=O)O. The first-order valence-corrected chi connectivity index (χ1v) is 7.21. The molecule has 0 aliphatic rings. The molecule has 3 nitrogen and oxygen atoms in total. The first-order chi connectivity index (χ1) is 10.1. The highest BCUT2D eigenvalue weighted by molar-refractivity contribution is 5.70. The van der Waals surface area contributed by atoms with Gasteiger partial charge in [0, 0.05) is 6.04 Å². The van der Waals surface area contributed by atoms with E-state index < -0.39 is 11.9 Å². The van der Waals surface area contributed by atoms with Gasteiger partial charge in [0.15, 0.2) is 0 Å². The molecule has 110 valence electrons. The Morgan fingerprint density at radius 3 is 1.86 bits per heavy atom. The number of nitrogens with two attached hydrogens (primary N) is 1. The maximum absolute atomic E-state index is 11.4. The molecule has 21 heavy (non-hydrogen) atoms. The van der Waals surface area contributed by atoms with Crippen LogP contribution in [0.2, 0.25) is 0 Å². The van der Waals surface area contributed by atoms with Crippen molar-refractivity contribution in [3.63, 3.8) is 0 Å². The second-order valence-electron chi connectivity index (χ2n) is 5.41. The molecule has 0 fully saturated rings. The van der Waals surface area contributed by atoms with Crippen LogP contribution in [0, 0.1) is 5.92 Å². The van der Waals surface area contributed by atoms with E-state index in [0.717, 1.165) is 11.1 Å². The molecule has 0 heterocycles. The highest BCUT2D eigenvalue weighted by Gasteiger charge is 2.21. The molecule has 0 spiro atoms. The Balaban J connectivity index is 1.95. The van der Waals surface area contributed by atoms with Crippen molar-refractivity contribution in [1.82, 2.24) is 0 Å². The second-order valence-corrected chi connectivity index (χ2v) is 5.41. The smallest absolute Gasteiger partial charge is 0.306 e. The van der Waals surface area contributed by atoms with Crippen LogP contribution in [0.3, 0.4) is 0 Å². The lowest BCUT2D eigenvalue weighted by Gasteiger charge is -2.18. The van der Waals surface area contributed by atoms with Gasteiger partial charge < -0.3 is 10.8 Å². The van der Waals surface area contributed by atoms with E-state index in [1.54, 1.807) is 0 Å². The minimum Gasteiger partial charge on any atom is -0.481 e. The van der Waals surface area contributed by atoms with Gasteiger partial charge in [0.1, 0.15) is 0 Å². The van der Waals surface area contributed by atoms with Crippen molar-refractivity contribution < 1.29 is 9.90 Å². The third-order valence-corrected chi connectivity index (χ3v) is 3.60. The number of carboxylic acids is 1. The summed E-state index contributed by atoms with van der Waals surface area (Å²) in [6.07, 6.45) is 1.72. The maximum Gasteiger partial charge on any atom is 0.306 e.